The largest absolute Gasteiger partial charge is 0.494 e. The van der Waals surface area contributed by atoms with E-state index in [2.05, 4.69) is 25.3 Å². The van der Waals surface area contributed by atoms with Gasteiger partial charge in [0.2, 0.25) is 11.8 Å². The number of nitrogens with two attached hydrogens (primary N) is 1. The standard InChI is InChI=1S/C25H23F3N6O4/c1-12(29)22-21(23(35)32-13-9-14(10-13)37-19-11-30-7-8-31-19)34-24(38-22)16-3-5-17(36-2)20-15(16)4-6-18(33-20)25(26,27)28/h3-8,11-14H,9-10,29H2,1-2H3,(H,32,35)/t12-,13?,14?/m0/s1. The van der Waals surface area contributed by atoms with Gasteiger partial charge in [-0.25, -0.2) is 15.0 Å². The molecule has 0 unspecified atom stereocenters. The van der Waals surface area contributed by atoms with Crippen molar-refractivity contribution in [3.63, 3.8) is 0 Å². The number of carbonyl (C=O) groups is 1. The Bertz CT molecular complexity index is 1470. The third-order valence-electron chi connectivity index (χ3n) is 6.10. The van der Waals surface area contributed by atoms with Gasteiger partial charge in [0.15, 0.2) is 11.5 Å². The molecule has 1 atom stereocenters. The number of hydrogen-bond acceptors (Lipinski definition) is 9. The second kappa shape index (κ2) is 9.89. The molecule has 13 heteroatoms. The van der Waals surface area contributed by atoms with Gasteiger partial charge in [0.1, 0.15) is 23.1 Å². The van der Waals surface area contributed by atoms with Crippen LogP contribution in [-0.4, -0.2) is 45.1 Å². The van der Waals surface area contributed by atoms with Crippen LogP contribution >= 0.6 is 0 Å². The molecule has 1 aliphatic rings. The summed E-state index contributed by atoms with van der Waals surface area (Å²) in [6.07, 6.45) is 0.975. The molecule has 3 heterocycles. The first-order valence-corrected chi connectivity index (χ1v) is 11.7. The number of fused-ring (bicyclic) bond motifs is 1. The number of aromatic nitrogens is 4. The Morgan fingerprint density at radius 2 is 1.97 bits per heavy atom. The lowest BCUT2D eigenvalue weighted by molar-refractivity contribution is -0.140. The summed E-state index contributed by atoms with van der Waals surface area (Å²) in [7, 11) is 1.33. The highest BCUT2D eigenvalue weighted by atomic mass is 19.4. The number of methoxy groups -OCH3 is 1. The van der Waals surface area contributed by atoms with E-state index in [0.717, 1.165) is 6.07 Å². The Balaban J connectivity index is 1.40. The summed E-state index contributed by atoms with van der Waals surface area (Å²) in [5, 5.41) is 3.21. The van der Waals surface area contributed by atoms with Crippen LogP contribution in [0.2, 0.25) is 0 Å². The highest BCUT2D eigenvalue weighted by Gasteiger charge is 2.35. The molecule has 0 saturated heterocycles. The molecule has 1 aliphatic carbocycles. The molecular weight excluding hydrogens is 505 g/mol. The van der Waals surface area contributed by atoms with Crippen molar-refractivity contribution >= 4 is 16.8 Å². The van der Waals surface area contributed by atoms with Crippen LogP contribution in [0.5, 0.6) is 11.6 Å². The average Bonchev–Trinajstić information content (AvgIpc) is 3.32. The van der Waals surface area contributed by atoms with E-state index in [-0.39, 0.29) is 40.8 Å². The van der Waals surface area contributed by atoms with E-state index in [4.69, 9.17) is 19.6 Å². The molecule has 5 rings (SSSR count). The lowest BCUT2D eigenvalue weighted by atomic mass is 9.89. The summed E-state index contributed by atoms with van der Waals surface area (Å²) in [6.45, 7) is 1.64. The van der Waals surface area contributed by atoms with Gasteiger partial charge < -0.3 is 24.9 Å². The number of nitrogens with zero attached hydrogens (tertiary/aromatic N) is 4. The van der Waals surface area contributed by atoms with Crippen LogP contribution in [0.4, 0.5) is 13.2 Å². The Morgan fingerprint density at radius 1 is 1.18 bits per heavy atom. The third kappa shape index (κ3) is 4.96. The number of rotatable bonds is 7. The molecule has 1 saturated carbocycles. The first-order valence-electron chi connectivity index (χ1n) is 11.7. The third-order valence-corrected chi connectivity index (χ3v) is 6.10. The van der Waals surface area contributed by atoms with E-state index < -0.39 is 23.8 Å². The second-order valence-electron chi connectivity index (χ2n) is 8.85. The zero-order chi connectivity index (χ0) is 27.0. The molecule has 4 aromatic rings. The summed E-state index contributed by atoms with van der Waals surface area (Å²) < 4.78 is 56.6. The maximum Gasteiger partial charge on any atom is 0.433 e. The van der Waals surface area contributed by atoms with Crippen molar-refractivity contribution in [1.82, 2.24) is 25.3 Å². The first kappa shape index (κ1) is 25.4. The smallest absolute Gasteiger partial charge is 0.433 e. The van der Waals surface area contributed by atoms with Gasteiger partial charge in [0, 0.05) is 42.2 Å². The predicted octanol–water partition coefficient (Wildman–Crippen LogP) is 4.07. The number of hydrogen-bond donors (Lipinski definition) is 2. The molecule has 38 heavy (non-hydrogen) atoms. The van der Waals surface area contributed by atoms with E-state index in [1.54, 1.807) is 19.2 Å². The second-order valence-corrected chi connectivity index (χ2v) is 8.85. The average molecular weight is 528 g/mol. The van der Waals surface area contributed by atoms with Gasteiger partial charge >= 0.3 is 6.18 Å². The molecule has 198 valence electrons. The van der Waals surface area contributed by atoms with Crippen LogP contribution < -0.4 is 20.5 Å². The van der Waals surface area contributed by atoms with Gasteiger partial charge in [-0.05, 0) is 31.2 Å². The lowest BCUT2D eigenvalue weighted by Gasteiger charge is -2.35. The van der Waals surface area contributed by atoms with Crippen molar-refractivity contribution in [2.75, 3.05) is 7.11 Å². The molecule has 3 aromatic heterocycles. The van der Waals surface area contributed by atoms with Gasteiger partial charge in [0.05, 0.1) is 19.3 Å². The van der Waals surface area contributed by atoms with Gasteiger partial charge in [-0.2, -0.15) is 13.2 Å². The number of ether oxygens (including phenoxy) is 2. The normalized spacial score (nSPS) is 18.1. The van der Waals surface area contributed by atoms with Crippen LogP contribution in [0, 0.1) is 0 Å². The molecule has 0 bridgehead atoms. The number of alkyl halides is 3. The number of nitrogens with one attached hydrogen (secondary N) is 1. The molecule has 0 radical (unpaired) electrons. The van der Waals surface area contributed by atoms with Gasteiger partial charge in [-0.1, -0.05) is 0 Å². The molecule has 0 aliphatic heterocycles. The number of amides is 1. The van der Waals surface area contributed by atoms with E-state index >= 15 is 0 Å². The zero-order valence-electron chi connectivity index (χ0n) is 20.3. The van der Waals surface area contributed by atoms with E-state index in [0.29, 0.717) is 29.7 Å². The van der Waals surface area contributed by atoms with Crippen molar-refractivity contribution in [1.29, 1.82) is 0 Å². The number of halogens is 3. The molecule has 1 fully saturated rings. The van der Waals surface area contributed by atoms with Crippen LogP contribution in [0.15, 0.2) is 47.3 Å². The van der Waals surface area contributed by atoms with Crippen LogP contribution in [0.1, 0.15) is 47.7 Å². The topological polar surface area (TPSA) is 138 Å². The number of carbonyl (C=O) groups excluding carboxylic acids is 1. The first-order chi connectivity index (χ1) is 18.1. The predicted molar refractivity (Wildman–Crippen MR) is 128 cm³/mol. The summed E-state index contributed by atoms with van der Waals surface area (Å²) in [4.78, 5) is 29.2. The Morgan fingerprint density at radius 3 is 2.63 bits per heavy atom. The van der Waals surface area contributed by atoms with Crippen molar-refractivity contribution in [2.45, 2.75) is 44.1 Å². The van der Waals surface area contributed by atoms with E-state index in [9.17, 15) is 18.0 Å². The minimum Gasteiger partial charge on any atom is -0.494 e. The van der Waals surface area contributed by atoms with Crippen molar-refractivity contribution in [3.8, 4) is 23.1 Å². The summed E-state index contributed by atoms with van der Waals surface area (Å²) in [5.41, 5.74) is 5.30. The highest BCUT2D eigenvalue weighted by molar-refractivity contribution is 5.98. The Kier molecular flexibility index (Phi) is 6.61. The quantitative estimate of drug-likeness (QED) is 0.363. The van der Waals surface area contributed by atoms with E-state index in [1.165, 1.54) is 31.6 Å². The number of pyridine rings is 1. The fourth-order valence-electron chi connectivity index (χ4n) is 4.17. The van der Waals surface area contributed by atoms with Crippen LogP contribution in [-0.2, 0) is 6.18 Å². The Hall–Kier alpha value is -4.26. The summed E-state index contributed by atoms with van der Waals surface area (Å²) in [5.74, 6) is 0.244. The van der Waals surface area contributed by atoms with Gasteiger partial charge in [-0.15, -0.1) is 0 Å². The number of benzene rings is 1. The monoisotopic (exact) mass is 528 g/mol. The maximum absolute atomic E-state index is 13.3. The molecule has 1 aromatic carbocycles. The molecular formula is C25H23F3N6O4. The van der Waals surface area contributed by atoms with Crippen LogP contribution in [0.3, 0.4) is 0 Å². The van der Waals surface area contributed by atoms with Crippen molar-refractivity contribution in [3.05, 3.63) is 60.0 Å². The number of oxazole rings is 1. The SMILES string of the molecule is COc1ccc(-c2nc(C(=O)NC3CC(Oc4cnccn4)C3)c([C@H](C)N)o2)c2ccc(C(F)(F)F)nc12. The minimum absolute atomic E-state index is 0.00265. The maximum atomic E-state index is 13.3. The fraction of sp³-hybridized carbons (Fsp3) is 0.320. The molecule has 1 amide bonds. The highest BCUT2D eigenvalue weighted by Crippen LogP contribution is 2.37. The fourth-order valence-corrected chi connectivity index (χ4v) is 4.17. The van der Waals surface area contributed by atoms with Gasteiger partial charge in [-0.3, -0.25) is 9.78 Å². The Labute approximate surface area is 214 Å². The van der Waals surface area contributed by atoms with E-state index in [1.807, 2.05) is 0 Å². The molecule has 10 nitrogen and oxygen atoms in total. The van der Waals surface area contributed by atoms with Gasteiger partial charge in [0.25, 0.3) is 5.91 Å². The van der Waals surface area contributed by atoms with Crippen molar-refractivity contribution in [2.24, 2.45) is 5.73 Å². The summed E-state index contributed by atoms with van der Waals surface area (Å²) in [6, 6.07) is 4.35. The van der Waals surface area contributed by atoms with Crippen molar-refractivity contribution < 1.29 is 31.9 Å². The van der Waals surface area contributed by atoms with Crippen LogP contribution in [0.25, 0.3) is 22.4 Å². The summed E-state index contributed by atoms with van der Waals surface area (Å²) >= 11 is 0. The zero-order valence-corrected chi connectivity index (χ0v) is 20.3. The molecule has 0 spiro atoms. The minimum atomic E-state index is -4.63. The molecule has 3 N–H and O–H groups in total. The lowest BCUT2D eigenvalue weighted by Crippen LogP contribution is -2.49.